The lowest BCUT2D eigenvalue weighted by atomic mass is 9.96. The third kappa shape index (κ3) is 3.81. The molecule has 7 nitrogen and oxygen atoms in total. The van der Waals surface area contributed by atoms with Gasteiger partial charge in [-0.2, -0.15) is 0 Å². The Bertz CT molecular complexity index is 738. The van der Waals surface area contributed by atoms with Crippen molar-refractivity contribution in [1.82, 2.24) is 19.4 Å². The van der Waals surface area contributed by atoms with E-state index in [9.17, 15) is 9.59 Å². The van der Waals surface area contributed by atoms with E-state index in [0.717, 1.165) is 35.9 Å². The topological polar surface area (TPSA) is 94.1 Å². The fraction of sp³-hybridized carbons (Fsp3) is 0.500. The molecule has 1 fully saturated rings. The summed E-state index contributed by atoms with van der Waals surface area (Å²) in [5.74, 6) is 0.667. The van der Waals surface area contributed by atoms with Gasteiger partial charge in [0.05, 0.1) is 17.1 Å². The van der Waals surface area contributed by atoms with Crippen LogP contribution in [0.15, 0.2) is 17.8 Å². The number of hydrogen-bond donors (Lipinski definition) is 1. The molecule has 0 aromatic carbocycles. The highest BCUT2D eigenvalue weighted by Crippen LogP contribution is 2.26. The van der Waals surface area contributed by atoms with Crippen molar-refractivity contribution in [3.05, 3.63) is 34.3 Å². The molecule has 0 radical (unpaired) electrons. The zero-order valence-electron chi connectivity index (χ0n) is 13.6. The number of imidazole rings is 1. The van der Waals surface area contributed by atoms with Crippen molar-refractivity contribution in [2.45, 2.75) is 38.6 Å². The lowest BCUT2D eigenvalue weighted by Gasteiger charge is -2.32. The fourth-order valence-electron chi connectivity index (χ4n) is 3.15. The fourth-order valence-corrected chi connectivity index (χ4v) is 3.77. The number of nitrogens with two attached hydrogens (primary N) is 1. The molecular weight excluding hydrogens is 326 g/mol. The SMILES string of the molecule is Cc1nc(CC(=O)N2CCC[C@H](c3nccn3CC(N)=O)C2)cs1. The van der Waals surface area contributed by atoms with E-state index in [-0.39, 0.29) is 18.4 Å². The summed E-state index contributed by atoms with van der Waals surface area (Å²) in [7, 11) is 0. The molecule has 2 aromatic heterocycles. The monoisotopic (exact) mass is 347 g/mol. The first-order valence-corrected chi connectivity index (χ1v) is 8.89. The van der Waals surface area contributed by atoms with E-state index in [0.29, 0.717) is 13.0 Å². The largest absolute Gasteiger partial charge is 0.368 e. The molecular formula is C16H21N5O2S. The molecule has 3 heterocycles. The maximum Gasteiger partial charge on any atom is 0.237 e. The van der Waals surface area contributed by atoms with E-state index in [1.165, 1.54) is 0 Å². The predicted molar refractivity (Wildman–Crippen MR) is 90.5 cm³/mol. The van der Waals surface area contributed by atoms with Crippen LogP contribution >= 0.6 is 11.3 Å². The second kappa shape index (κ2) is 7.12. The number of hydrogen-bond acceptors (Lipinski definition) is 5. The maximum absolute atomic E-state index is 12.5. The zero-order chi connectivity index (χ0) is 17.1. The van der Waals surface area contributed by atoms with Crippen molar-refractivity contribution in [2.24, 2.45) is 5.73 Å². The first-order valence-electron chi connectivity index (χ1n) is 8.01. The summed E-state index contributed by atoms with van der Waals surface area (Å²) in [6, 6.07) is 0. The summed E-state index contributed by atoms with van der Waals surface area (Å²) in [5.41, 5.74) is 6.12. The van der Waals surface area contributed by atoms with E-state index in [1.807, 2.05) is 17.2 Å². The lowest BCUT2D eigenvalue weighted by Crippen LogP contribution is -2.40. The van der Waals surface area contributed by atoms with Gasteiger partial charge in [0.15, 0.2) is 0 Å². The molecule has 3 rings (SSSR count). The number of primary amides is 1. The van der Waals surface area contributed by atoms with Gasteiger partial charge in [0.25, 0.3) is 0 Å². The summed E-state index contributed by atoms with van der Waals surface area (Å²) in [5, 5.41) is 2.91. The molecule has 0 bridgehead atoms. The number of aryl methyl sites for hydroxylation is 1. The Kier molecular flexibility index (Phi) is 4.94. The highest BCUT2D eigenvalue weighted by Gasteiger charge is 2.27. The van der Waals surface area contributed by atoms with Gasteiger partial charge in [0.2, 0.25) is 11.8 Å². The van der Waals surface area contributed by atoms with Crippen molar-refractivity contribution < 1.29 is 9.59 Å². The zero-order valence-corrected chi connectivity index (χ0v) is 14.5. The molecule has 0 spiro atoms. The minimum atomic E-state index is -0.392. The van der Waals surface area contributed by atoms with Crippen LogP contribution in [0.4, 0.5) is 0 Å². The van der Waals surface area contributed by atoms with Crippen molar-refractivity contribution in [3.63, 3.8) is 0 Å². The van der Waals surface area contributed by atoms with Gasteiger partial charge in [-0.15, -0.1) is 11.3 Å². The molecule has 1 saturated heterocycles. The van der Waals surface area contributed by atoms with Gasteiger partial charge in [-0.25, -0.2) is 9.97 Å². The Morgan fingerprint density at radius 3 is 3.00 bits per heavy atom. The van der Waals surface area contributed by atoms with Crippen molar-refractivity contribution >= 4 is 23.2 Å². The van der Waals surface area contributed by atoms with Crippen LogP contribution in [0, 0.1) is 6.92 Å². The van der Waals surface area contributed by atoms with E-state index >= 15 is 0 Å². The van der Waals surface area contributed by atoms with E-state index in [4.69, 9.17) is 5.73 Å². The second-order valence-electron chi connectivity index (χ2n) is 6.09. The quantitative estimate of drug-likeness (QED) is 0.876. The van der Waals surface area contributed by atoms with Crippen LogP contribution in [-0.4, -0.2) is 44.3 Å². The normalized spacial score (nSPS) is 17.9. The van der Waals surface area contributed by atoms with E-state index < -0.39 is 5.91 Å². The molecule has 1 aliphatic rings. The number of piperidine rings is 1. The number of nitrogens with zero attached hydrogens (tertiary/aromatic N) is 4. The molecule has 0 unspecified atom stereocenters. The minimum absolute atomic E-state index is 0.0954. The number of likely N-dealkylation sites (tertiary alicyclic amines) is 1. The summed E-state index contributed by atoms with van der Waals surface area (Å²) in [6.45, 7) is 3.44. The molecule has 2 amide bonds. The summed E-state index contributed by atoms with van der Waals surface area (Å²) in [6.07, 6.45) is 5.66. The number of thiazole rings is 1. The van der Waals surface area contributed by atoms with Crippen molar-refractivity contribution in [2.75, 3.05) is 13.1 Å². The Morgan fingerprint density at radius 2 is 2.29 bits per heavy atom. The first-order chi connectivity index (χ1) is 11.5. The standard InChI is InChI=1S/C16H21N5O2S/c1-11-19-13(10-24-11)7-15(23)20-5-2-3-12(8-20)16-18-4-6-21(16)9-14(17)22/h4,6,10,12H,2-3,5,7-9H2,1H3,(H2,17,22)/t12-/m0/s1. The number of carbonyl (C=O) groups excluding carboxylic acids is 2. The van der Waals surface area contributed by atoms with Crippen molar-refractivity contribution in [3.8, 4) is 0 Å². The second-order valence-corrected chi connectivity index (χ2v) is 7.16. The van der Waals surface area contributed by atoms with Gasteiger partial charge in [-0.1, -0.05) is 0 Å². The number of rotatable bonds is 5. The van der Waals surface area contributed by atoms with Crippen LogP contribution < -0.4 is 5.73 Å². The predicted octanol–water partition coefficient (Wildman–Crippen LogP) is 1.08. The Balaban J connectivity index is 1.67. The molecule has 128 valence electrons. The van der Waals surface area contributed by atoms with Crippen LogP contribution in [0.25, 0.3) is 0 Å². The van der Waals surface area contributed by atoms with E-state index in [1.54, 1.807) is 28.3 Å². The smallest absolute Gasteiger partial charge is 0.237 e. The molecule has 1 atom stereocenters. The molecule has 8 heteroatoms. The van der Waals surface area contributed by atoms with Crippen LogP contribution in [0.5, 0.6) is 0 Å². The third-order valence-corrected chi connectivity index (χ3v) is 5.03. The minimum Gasteiger partial charge on any atom is -0.368 e. The summed E-state index contributed by atoms with van der Waals surface area (Å²) < 4.78 is 1.78. The average Bonchev–Trinajstić information content (AvgIpc) is 3.16. The number of amides is 2. The molecule has 2 N–H and O–H groups in total. The Hall–Kier alpha value is -2.22. The van der Waals surface area contributed by atoms with Gasteiger partial charge in [-0.05, 0) is 19.8 Å². The summed E-state index contributed by atoms with van der Waals surface area (Å²) >= 11 is 1.56. The van der Waals surface area contributed by atoms with Gasteiger partial charge in [-0.3, -0.25) is 9.59 Å². The van der Waals surface area contributed by atoms with Gasteiger partial charge >= 0.3 is 0 Å². The Labute approximate surface area is 144 Å². The first kappa shape index (κ1) is 16.6. The lowest BCUT2D eigenvalue weighted by molar-refractivity contribution is -0.131. The van der Waals surface area contributed by atoms with Crippen LogP contribution in [0.2, 0.25) is 0 Å². The summed E-state index contributed by atoms with van der Waals surface area (Å²) in [4.78, 5) is 34.4. The van der Waals surface area contributed by atoms with Crippen LogP contribution in [0.1, 0.15) is 35.3 Å². The van der Waals surface area contributed by atoms with E-state index in [2.05, 4.69) is 9.97 Å². The highest BCUT2D eigenvalue weighted by molar-refractivity contribution is 7.09. The highest BCUT2D eigenvalue weighted by atomic mass is 32.1. The van der Waals surface area contributed by atoms with Gasteiger partial charge in [0, 0.05) is 36.8 Å². The molecule has 2 aromatic rings. The number of aromatic nitrogens is 3. The average molecular weight is 347 g/mol. The molecule has 0 aliphatic carbocycles. The maximum atomic E-state index is 12.5. The van der Waals surface area contributed by atoms with Gasteiger partial charge in [0.1, 0.15) is 12.4 Å². The van der Waals surface area contributed by atoms with Crippen molar-refractivity contribution in [1.29, 1.82) is 0 Å². The molecule has 24 heavy (non-hydrogen) atoms. The molecule has 1 aliphatic heterocycles. The molecule has 0 saturated carbocycles. The van der Waals surface area contributed by atoms with Crippen LogP contribution in [0.3, 0.4) is 0 Å². The number of carbonyl (C=O) groups is 2. The third-order valence-electron chi connectivity index (χ3n) is 4.21. The van der Waals surface area contributed by atoms with Gasteiger partial charge < -0.3 is 15.2 Å². The van der Waals surface area contributed by atoms with Crippen LogP contribution in [-0.2, 0) is 22.6 Å². The Morgan fingerprint density at radius 1 is 1.46 bits per heavy atom.